The van der Waals surface area contributed by atoms with Crippen LogP contribution in [0.3, 0.4) is 0 Å². The summed E-state index contributed by atoms with van der Waals surface area (Å²) in [6, 6.07) is 0.0114. The number of hydrogen-bond acceptors (Lipinski definition) is 3. The Morgan fingerprint density at radius 1 is 1.47 bits per heavy atom. The average molecular weight is 288 g/mol. The quantitative estimate of drug-likeness (QED) is 0.779. The average Bonchev–Trinajstić information content (AvgIpc) is 2.59. The highest BCUT2D eigenvalue weighted by Gasteiger charge is 2.43. The van der Waals surface area contributed by atoms with Gasteiger partial charge in [-0.3, -0.25) is 0 Å². The van der Waals surface area contributed by atoms with Gasteiger partial charge in [0.2, 0.25) is 0 Å². The van der Waals surface area contributed by atoms with E-state index in [0.29, 0.717) is 19.5 Å². The number of nitrogens with two attached hydrogens (primary N) is 1. The van der Waals surface area contributed by atoms with Gasteiger partial charge >= 0.3 is 6.09 Å². The highest BCUT2D eigenvalue weighted by atomic mass is 28.4. The summed E-state index contributed by atoms with van der Waals surface area (Å²) in [5.41, 5.74) is 5.56. The second kappa shape index (κ2) is 5.81. The minimum Gasteiger partial charge on any atom is -0.465 e. The van der Waals surface area contributed by atoms with Crippen molar-refractivity contribution in [1.82, 2.24) is 4.90 Å². The van der Waals surface area contributed by atoms with E-state index in [4.69, 9.17) is 10.2 Å². The highest BCUT2D eigenvalue weighted by Crippen LogP contribution is 2.39. The van der Waals surface area contributed by atoms with Crippen molar-refractivity contribution in [2.45, 2.75) is 63.9 Å². The number of likely N-dealkylation sites (tertiary alicyclic amines) is 1. The van der Waals surface area contributed by atoms with E-state index in [1.165, 1.54) is 4.90 Å². The monoisotopic (exact) mass is 288 g/mol. The predicted octanol–water partition coefficient (Wildman–Crippen LogP) is 2.48. The van der Waals surface area contributed by atoms with Gasteiger partial charge < -0.3 is 20.2 Å². The van der Waals surface area contributed by atoms with Gasteiger partial charge in [0.15, 0.2) is 8.32 Å². The first-order valence-electron chi connectivity index (χ1n) is 6.96. The summed E-state index contributed by atoms with van der Waals surface area (Å²) in [5, 5.41) is 9.37. The summed E-state index contributed by atoms with van der Waals surface area (Å²) < 4.78 is 6.31. The second-order valence-electron chi connectivity index (χ2n) is 6.90. The van der Waals surface area contributed by atoms with Crippen LogP contribution in [-0.2, 0) is 4.43 Å². The van der Waals surface area contributed by atoms with Gasteiger partial charge in [0.25, 0.3) is 0 Å². The van der Waals surface area contributed by atoms with Gasteiger partial charge in [-0.05, 0) is 37.5 Å². The van der Waals surface area contributed by atoms with Gasteiger partial charge in [0.1, 0.15) is 0 Å². The molecule has 2 atom stereocenters. The Morgan fingerprint density at radius 2 is 2.05 bits per heavy atom. The van der Waals surface area contributed by atoms with E-state index in [-0.39, 0.29) is 17.2 Å². The van der Waals surface area contributed by atoms with Crippen LogP contribution in [0.4, 0.5) is 4.79 Å². The SMILES string of the molecule is CC(C)(C)[Si](C)(C)O[C@@H]1C[C@@H](CCN)N(C(=O)O)C1. The lowest BCUT2D eigenvalue weighted by Crippen LogP contribution is -2.44. The topological polar surface area (TPSA) is 75.8 Å². The third-order valence-corrected chi connectivity index (χ3v) is 8.92. The molecule has 0 aromatic heterocycles. The summed E-state index contributed by atoms with van der Waals surface area (Å²) in [4.78, 5) is 12.7. The second-order valence-corrected chi connectivity index (χ2v) is 11.7. The van der Waals surface area contributed by atoms with E-state index in [9.17, 15) is 9.90 Å². The molecule has 1 heterocycles. The van der Waals surface area contributed by atoms with Gasteiger partial charge in [0.05, 0.1) is 6.10 Å². The number of carbonyl (C=O) groups is 1. The molecule has 0 aromatic carbocycles. The Bertz CT molecular complexity index is 328. The van der Waals surface area contributed by atoms with Crippen LogP contribution in [0.25, 0.3) is 0 Å². The van der Waals surface area contributed by atoms with Gasteiger partial charge in [-0.15, -0.1) is 0 Å². The largest absolute Gasteiger partial charge is 0.465 e. The molecule has 0 aliphatic carbocycles. The van der Waals surface area contributed by atoms with E-state index >= 15 is 0 Å². The third-order valence-electron chi connectivity index (χ3n) is 4.39. The van der Waals surface area contributed by atoms with E-state index < -0.39 is 14.4 Å². The Hall–Kier alpha value is -0.593. The zero-order chi connectivity index (χ0) is 14.8. The number of carboxylic acid groups (broad SMARTS) is 1. The van der Waals surface area contributed by atoms with Crippen LogP contribution in [0.2, 0.25) is 18.1 Å². The molecular formula is C13H28N2O3Si. The fraction of sp³-hybridized carbons (Fsp3) is 0.923. The van der Waals surface area contributed by atoms with Crippen molar-refractivity contribution in [1.29, 1.82) is 0 Å². The van der Waals surface area contributed by atoms with Crippen LogP contribution in [0.1, 0.15) is 33.6 Å². The maximum absolute atomic E-state index is 11.2. The van der Waals surface area contributed by atoms with Crippen LogP contribution in [0, 0.1) is 0 Å². The van der Waals surface area contributed by atoms with Crippen molar-refractivity contribution in [3.63, 3.8) is 0 Å². The maximum Gasteiger partial charge on any atom is 0.407 e. The highest BCUT2D eigenvalue weighted by molar-refractivity contribution is 6.74. The van der Waals surface area contributed by atoms with E-state index in [0.717, 1.165) is 6.42 Å². The lowest BCUT2D eigenvalue weighted by atomic mass is 10.1. The summed E-state index contributed by atoms with van der Waals surface area (Å²) in [6.45, 7) is 12.0. The van der Waals surface area contributed by atoms with Crippen molar-refractivity contribution < 1.29 is 14.3 Å². The smallest absolute Gasteiger partial charge is 0.407 e. The summed E-state index contributed by atoms with van der Waals surface area (Å²) in [7, 11) is -1.84. The van der Waals surface area contributed by atoms with Crippen LogP contribution in [-0.4, -0.2) is 49.7 Å². The molecule has 3 N–H and O–H groups in total. The normalized spacial score (nSPS) is 24.8. The zero-order valence-electron chi connectivity index (χ0n) is 12.8. The molecule has 1 fully saturated rings. The van der Waals surface area contributed by atoms with Gasteiger partial charge in [-0.25, -0.2) is 4.79 Å². The van der Waals surface area contributed by atoms with Crippen molar-refractivity contribution in [2.75, 3.05) is 13.1 Å². The van der Waals surface area contributed by atoms with Crippen LogP contribution in [0.15, 0.2) is 0 Å². The molecule has 112 valence electrons. The molecule has 0 saturated carbocycles. The lowest BCUT2D eigenvalue weighted by Gasteiger charge is -2.38. The van der Waals surface area contributed by atoms with E-state index in [1.54, 1.807) is 0 Å². The molecule has 0 bridgehead atoms. The summed E-state index contributed by atoms with van der Waals surface area (Å²) in [6.07, 6.45) is 0.646. The summed E-state index contributed by atoms with van der Waals surface area (Å²) in [5.74, 6) is 0. The Kier molecular flexibility index (Phi) is 5.03. The van der Waals surface area contributed by atoms with Crippen LogP contribution >= 0.6 is 0 Å². The van der Waals surface area contributed by atoms with E-state index in [2.05, 4.69) is 33.9 Å². The number of rotatable bonds is 4. The van der Waals surface area contributed by atoms with Gasteiger partial charge in [-0.1, -0.05) is 20.8 Å². The van der Waals surface area contributed by atoms with E-state index in [1.807, 2.05) is 0 Å². The Morgan fingerprint density at radius 3 is 2.47 bits per heavy atom. The predicted molar refractivity (Wildman–Crippen MR) is 78.9 cm³/mol. The molecule has 1 rings (SSSR count). The molecule has 1 aliphatic rings. The first-order valence-corrected chi connectivity index (χ1v) is 9.87. The van der Waals surface area contributed by atoms with Crippen molar-refractivity contribution in [3.05, 3.63) is 0 Å². The molecule has 1 aliphatic heterocycles. The van der Waals surface area contributed by atoms with Crippen LogP contribution < -0.4 is 5.73 Å². The standard InChI is InChI=1S/C13H28N2O3Si/c1-13(2,3)19(4,5)18-11-8-10(6-7-14)15(9-11)12(16)17/h10-11H,6-9,14H2,1-5H3,(H,16,17)/t10-,11-/m1/s1. The minimum atomic E-state index is -1.84. The molecule has 6 heteroatoms. The van der Waals surface area contributed by atoms with Gasteiger partial charge in [-0.2, -0.15) is 0 Å². The molecular weight excluding hydrogens is 260 g/mol. The Balaban J connectivity index is 2.70. The number of amides is 1. The molecule has 0 unspecified atom stereocenters. The lowest BCUT2D eigenvalue weighted by molar-refractivity contribution is 0.131. The first kappa shape index (κ1) is 16.5. The van der Waals surface area contributed by atoms with Crippen molar-refractivity contribution in [2.24, 2.45) is 5.73 Å². The van der Waals surface area contributed by atoms with Crippen molar-refractivity contribution in [3.8, 4) is 0 Å². The molecule has 1 saturated heterocycles. The van der Waals surface area contributed by atoms with Crippen LogP contribution in [0.5, 0.6) is 0 Å². The minimum absolute atomic E-state index is 0.0114. The van der Waals surface area contributed by atoms with Crippen molar-refractivity contribution >= 4 is 14.4 Å². The summed E-state index contributed by atoms with van der Waals surface area (Å²) >= 11 is 0. The fourth-order valence-electron chi connectivity index (χ4n) is 2.25. The van der Waals surface area contributed by atoms with Gasteiger partial charge in [0, 0.05) is 12.6 Å². The molecule has 5 nitrogen and oxygen atoms in total. The fourth-order valence-corrected chi connectivity index (χ4v) is 3.61. The maximum atomic E-state index is 11.2. The Labute approximate surface area is 117 Å². The molecule has 0 aromatic rings. The number of nitrogens with zero attached hydrogens (tertiary/aromatic N) is 1. The molecule has 19 heavy (non-hydrogen) atoms. The number of hydrogen-bond donors (Lipinski definition) is 2. The molecule has 0 radical (unpaired) electrons. The zero-order valence-corrected chi connectivity index (χ0v) is 13.8. The molecule has 0 spiro atoms. The molecule has 1 amide bonds. The first-order chi connectivity index (χ1) is 8.58. The third kappa shape index (κ3) is 3.93.